The van der Waals surface area contributed by atoms with E-state index in [1.165, 1.54) is 0 Å². The monoisotopic (exact) mass is 537 g/mol. The fraction of sp³-hybridized carbons (Fsp3) is 0.0286. The molecule has 2 aliphatic rings. The lowest BCUT2D eigenvalue weighted by Gasteiger charge is -2.20. The molecule has 0 saturated carbocycles. The standard InChI is InChI=1S/C35H27N3O3/c39-34(26-14-6-2-7-15-26)36-28-18-10-19-29(24-28)41-32-21-11-20-30-33(32)31(23-22-25-12-4-1-5-13-25)38(37-30)35(40)27-16-8-3-9-17-27/h1-24,30,37H,(H,36,39). The van der Waals surface area contributed by atoms with Crippen LogP contribution in [0.3, 0.4) is 0 Å². The van der Waals surface area contributed by atoms with Crippen molar-refractivity contribution in [3.63, 3.8) is 0 Å². The molecule has 6 rings (SSSR count). The van der Waals surface area contributed by atoms with E-state index < -0.39 is 0 Å². The predicted octanol–water partition coefficient (Wildman–Crippen LogP) is 6.77. The third-order valence-electron chi connectivity index (χ3n) is 6.73. The van der Waals surface area contributed by atoms with E-state index >= 15 is 0 Å². The number of carbonyl (C=O) groups excluding carboxylic acids is 2. The zero-order valence-electron chi connectivity index (χ0n) is 22.1. The zero-order chi connectivity index (χ0) is 28.0. The van der Waals surface area contributed by atoms with Gasteiger partial charge in [0.2, 0.25) is 0 Å². The fourth-order valence-corrected chi connectivity index (χ4v) is 4.74. The fourth-order valence-electron chi connectivity index (χ4n) is 4.74. The number of anilines is 1. The van der Waals surface area contributed by atoms with E-state index in [1.807, 2.05) is 115 Å². The lowest BCUT2D eigenvalue weighted by Crippen LogP contribution is -2.41. The Morgan fingerprint density at radius 2 is 1.46 bits per heavy atom. The molecule has 0 saturated heterocycles. The summed E-state index contributed by atoms with van der Waals surface area (Å²) in [5.41, 5.74) is 7.64. The number of fused-ring (bicyclic) bond motifs is 1. The largest absolute Gasteiger partial charge is 0.457 e. The highest BCUT2D eigenvalue weighted by Gasteiger charge is 2.36. The van der Waals surface area contributed by atoms with Crippen molar-refractivity contribution in [2.75, 3.05) is 5.32 Å². The van der Waals surface area contributed by atoms with Crippen LogP contribution in [0.25, 0.3) is 6.08 Å². The van der Waals surface area contributed by atoms with Crippen LogP contribution >= 0.6 is 0 Å². The van der Waals surface area contributed by atoms with Crippen LogP contribution in [0.2, 0.25) is 0 Å². The molecule has 1 unspecified atom stereocenters. The van der Waals surface area contributed by atoms with Gasteiger partial charge < -0.3 is 10.1 Å². The van der Waals surface area contributed by atoms with E-state index in [2.05, 4.69) is 10.7 Å². The number of benzene rings is 4. The van der Waals surface area contributed by atoms with Gasteiger partial charge in [0.15, 0.2) is 0 Å². The maximum atomic E-state index is 13.6. The van der Waals surface area contributed by atoms with Gasteiger partial charge in [-0.25, -0.2) is 10.4 Å². The number of ether oxygens (including phenoxy) is 1. The van der Waals surface area contributed by atoms with E-state index in [0.717, 1.165) is 11.1 Å². The number of carbonyl (C=O) groups is 2. The van der Waals surface area contributed by atoms with Crippen LogP contribution in [0.1, 0.15) is 26.3 Å². The molecule has 0 aromatic heterocycles. The number of rotatable bonds is 7. The van der Waals surface area contributed by atoms with Gasteiger partial charge in [-0.3, -0.25) is 9.59 Å². The van der Waals surface area contributed by atoms with Crippen molar-refractivity contribution >= 4 is 23.6 Å². The second kappa shape index (κ2) is 11.7. The van der Waals surface area contributed by atoms with E-state index in [4.69, 9.17) is 4.74 Å². The van der Waals surface area contributed by atoms with E-state index in [-0.39, 0.29) is 17.9 Å². The Kier molecular flexibility index (Phi) is 7.38. The molecule has 2 N–H and O–H groups in total. The van der Waals surface area contributed by atoms with E-state index in [9.17, 15) is 9.59 Å². The summed E-state index contributed by atoms with van der Waals surface area (Å²) in [5, 5.41) is 4.51. The SMILES string of the molecule is O=C(Nc1cccc(OC2=CC=CC3NN(C(=O)c4ccccc4)C(C=Cc4ccccc4)=C23)c1)c1ccccc1. The lowest BCUT2D eigenvalue weighted by molar-refractivity contribution is 0.0755. The Hall–Kier alpha value is -5.46. The van der Waals surface area contributed by atoms with Gasteiger partial charge in [0.25, 0.3) is 11.8 Å². The summed E-state index contributed by atoms with van der Waals surface area (Å²) < 4.78 is 6.40. The minimum absolute atomic E-state index is 0.168. The van der Waals surface area contributed by atoms with Gasteiger partial charge in [0.05, 0.1) is 11.7 Å². The number of nitrogens with one attached hydrogen (secondary N) is 2. The molecule has 4 aromatic carbocycles. The molecule has 6 heteroatoms. The topological polar surface area (TPSA) is 70.7 Å². The average molecular weight is 538 g/mol. The summed E-state index contributed by atoms with van der Waals surface area (Å²) in [6, 6.07) is 35.2. The van der Waals surface area contributed by atoms with Gasteiger partial charge in [0.1, 0.15) is 11.5 Å². The van der Waals surface area contributed by atoms with Crippen LogP contribution in [0.5, 0.6) is 5.75 Å². The predicted molar refractivity (Wildman–Crippen MR) is 161 cm³/mol. The first kappa shape index (κ1) is 25.8. The third kappa shape index (κ3) is 5.78. The van der Waals surface area contributed by atoms with Gasteiger partial charge in [0, 0.05) is 28.5 Å². The highest BCUT2D eigenvalue weighted by atomic mass is 16.5. The van der Waals surface area contributed by atoms with Gasteiger partial charge >= 0.3 is 0 Å². The molecule has 41 heavy (non-hydrogen) atoms. The molecule has 4 aromatic rings. The normalized spacial score (nSPS) is 16.0. The van der Waals surface area contributed by atoms with Crippen LogP contribution in [0.15, 0.2) is 157 Å². The number of amides is 2. The zero-order valence-corrected chi connectivity index (χ0v) is 22.1. The first-order valence-electron chi connectivity index (χ1n) is 13.3. The molecule has 1 atom stereocenters. The number of allylic oxidation sites excluding steroid dienone is 3. The van der Waals surface area contributed by atoms with Crippen LogP contribution in [0, 0.1) is 0 Å². The molecular formula is C35H27N3O3. The maximum absolute atomic E-state index is 13.6. The van der Waals surface area contributed by atoms with Crippen molar-refractivity contribution in [3.05, 3.63) is 173 Å². The first-order valence-corrected chi connectivity index (χ1v) is 13.3. The lowest BCUT2D eigenvalue weighted by atomic mass is 9.99. The van der Waals surface area contributed by atoms with Crippen molar-refractivity contribution in [2.24, 2.45) is 0 Å². The minimum atomic E-state index is -0.265. The third-order valence-corrected chi connectivity index (χ3v) is 6.73. The number of hydrogen-bond donors (Lipinski definition) is 2. The second-order valence-corrected chi connectivity index (χ2v) is 9.52. The molecule has 200 valence electrons. The molecule has 1 aliphatic carbocycles. The average Bonchev–Trinajstić information content (AvgIpc) is 3.40. The Morgan fingerprint density at radius 1 is 0.780 bits per heavy atom. The smallest absolute Gasteiger partial charge is 0.272 e. The summed E-state index contributed by atoms with van der Waals surface area (Å²) in [4.78, 5) is 26.3. The first-order chi connectivity index (χ1) is 20.2. The van der Waals surface area contributed by atoms with Crippen molar-refractivity contribution in [1.82, 2.24) is 10.4 Å². The Bertz CT molecular complexity index is 1690. The van der Waals surface area contributed by atoms with Gasteiger partial charge in [-0.15, -0.1) is 0 Å². The molecule has 0 fully saturated rings. The Labute approximate surface area is 238 Å². The van der Waals surface area contributed by atoms with Crippen molar-refractivity contribution in [1.29, 1.82) is 0 Å². The molecular weight excluding hydrogens is 510 g/mol. The minimum Gasteiger partial charge on any atom is -0.457 e. The van der Waals surface area contributed by atoms with Gasteiger partial charge in [-0.05, 0) is 54.1 Å². The summed E-state index contributed by atoms with van der Waals surface area (Å²) >= 11 is 0. The maximum Gasteiger partial charge on any atom is 0.272 e. The molecule has 1 aliphatic heterocycles. The van der Waals surface area contributed by atoms with Crippen molar-refractivity contribution in [3.8, 4) is 5.75 Å². The molecule has 2 amide bonds. The van der Waals surface area contributed by atoms with Crippen LogP contribution < -0.4 is 15.5 Å². The van der Waals surface area contributed by atoms with Gasteiger partial charge in [-0.1, -0.05) is 91.0 Å². The molecule has 0 radical (unpaired) electrons. The van der Waals surface area contributed by atoms with Crippen molar-refractivity contribution in [2.45, 2.75) is 6.04 Å². The Balaban J connectivity index is 1.32. The Morgan fingerprint density at radius 3 is 2.20 bits per heavy atom. The van der Waals surface area contributed by atoms with Crippen molar-refractivity contribution < 1.29 is 14.3 Å². The molecule has 6 nitrogen and oxygen atoms in total. The molecule has 0 spiro atoms. The number of nitrogens with zero attached hydrogens (tertiary/aromatic N) is 1. The number of hydrazine groups is 1. The highest BCUT2D eigenvalue weighted by molar-refractivity contribution is 6.04. The van der Waals surface area contributed by atoms with Crippen LogP contribution in [-0.4, -0.2) is 22.9 Å². The van der Waals surface area contributed by atoms with E-state index in [1.54, 1.807) is 35.3 Å². The molecule has 1 heterocycles. The van der Waals surface area contributed by atoms with Gasteiger partial charge in [-0.2, -0.15) is 0 Å². The van der Waals surface area contributed by atoms with E-state index in [0.29, 0.717) is 34.0 Å². The quantitative estimate of drug-likeness (QED) is 0.273. The summed E-state index contributed by atoms with van der Waals surface area (Å²) in [5.74, 6) is 0.794. The number of hydrogen-bond acceptors (Lipinski definition) is 4. The van der Waals surface area contributed by atoms with Crippen LogP contribution in [-0.2, 0) is 0 Å². The molecule has 0 bridgehead atoms. The highest BCUT2D eigenvalue weighted by Crippen LogP contribution is 2.34. The summed E-state index contributed by atoms with van der Waals surface area (Å²) in [7, 11) is 0. The second-order valence-electron chi connectivity index (χ2n) is 9.52. The van der Waals surface area contributed by atoms with Crippen LogP contribution in [0.4, 0.5) is 5.69 Å². The summed E-state index contributed by atoms with van der Waals surface area (Å²) in [6.07, 6.45) is 9.70. The summed E-state index contributed by atoms with van der Waals surface area (Å²) in [6.45, 7) is 0.